The van der Waals surface area contributed by atoms with Gasteiger partial charge in [0.25, 0.3) is 0 Å². The Morgan fingerprint density at radius 3 is 3.08 bits per heavy atom. The second-order valence-corrected chi connectivity index (χ2v) is 5.66. The molecule has 1 aliphatic heterocycles. The summed E-state index contributed by atoms with van der Waals surface area (Å²) in [5.41, 5.74) is 0.750. The van der Waals surface area contributed by atoms with E-state index in [0.717, 1.165) is 30.8 Å². The summed E-state index contributed by atoms with van der Waals surface area (Å²) >= 11 is 0. The molecule has 2 heterocycles. The van der Waals surface area contributed by atoms with Crippen molar-refractivity contribution in [2.75, 3.05) is 14.2 Å². The first-order chi connectivity index (χ1) is 11.7. The van der Waals surface area contributed by atoms with Gasteiger partial charge >= 0.3 is 0 Å². The maximum absolute atomic E-state index is 9.95. The van der Waals surface area contributed by atoms with Gasteiger partial charge in [0.15, 0.2) is 5.96 Å². The number of aromatic nitrogens is 3. The minimum Gasteiger partial charge on any atom is -0.508 e. The lowest BCUT2D eigenvalue weighted by atomic mass is 10.1. The highest BCUT2D eigenvalue weighted by Crippen LogP contribution is 2.22. The molecule has 9 heteroatoms. The van der Waals surface area contributed by atoms with Crippen molar-refractivity contribution < 1.29 is 9.84 Å². The molecule has 0 spiro atoms. The monoisotopic (exact) mass is 458 g/mol. The van der Waals surface area contributed by atoms with E-state index in [4.69, 9.17) is 4.74 Å². The molecule has 1 atom stereocenters. The molecule has 0 saturated carbocycles. The molecule has 1 aromatic heterocycles. The molecule has 0 amide bonds. The summed E-state index contributed by atoms with van der Waals surface area (Å²) in [6.45, 7) is 1.21. The van der Waals surface area contributed by atoms with Gasteiger partial charge < -0.3 is 20.5 Å². The Balaban J connectivity index is 0.00000225. The van der Waals surface area contributed by atoms with Gasteiger partial charge in [-0.2, -0.15) is 5.10 Å². The number of rotatable bonds is 4. The molecule has 3 N–H and O–H groups in total. The minimum absolute atomic E-state index is 0. The van der Waals surface area contributed by atoms with Crippen molar-refractivity contribution >= 4 is 29.9 Å². The van der Waals surface area contributed by atoms with Gasteiger partial charge in [-0.25, -0.2) is 9.67 Å². The van der Waals surface area contributed by atoms with Crippen molar-refractivity contribution in [3.8, 4) is 11.5 Å². The molecule has 0 saturated heterocycles. The minimum atomic E-state index is 0. The molecule has 0 fully saturated rings. The smallest absolute Gasteiger partial charge is 0.191 e. The van der Waals surface area contributed by atoms with Crippen LogP contribution in [0.1, 0.15) is 17.8 Å². The highest BCUT2D eigenvalue weighted by Gasteiger charge is 2.20. The fourth-order valence-electron chi connectivity index (χ4n) is 2.75. The molecular weight excluding hydrogens is 435 g/mol. The van der Waals surface area contributed by atoms with Crippen molar-refractivity contribution in [3.63, 3.8) is 0 Å². The molecule has 2 aromatic rings. The highest BCUT2D eigenvalue weighted by atomic mass is 127. The van der Waals surface area contributed by atoms with Gasteiger partial charge in [0.1, 0.15) is 23.7 Å². The standard InChI is InChI=1S/C16H22N6O2.HI/c1-17-16(18-8-11-7-13(24-2)4-5-14(11)23)21-12-3-6-15-19-10-20-22(15)9-12;/h4-5,7,10,12,23H,3,6,8-9H2,1-2H3,(H2,17,18,21);1H. The van der Waals surface area contributed by atoms with E-state index in [1.165, 1.54) is 0 Å². The fraction of sp³-hybridized carbons (Fsp3) is 0.438. The number of aliphatic imine (C=N–C) groups is 1. The molecule has 1 unspecified atom stereocenters. The lowest BCUT2D eigenvalue weighted by molar-refractivity contribution is 0.392. The first-order valence-corrected chi connectivity index (χ1v) is 7.89. The molecule has 0 aliphatic carbocycles. The Morgan fingerprint density at radius 1 is 1.48 bits per heavy atom. The summed E-state index contributed by atoms with van der Waals surface area (Å²) in [5.74, 6) is 2.64. The average Bonchev–Trinajstić information content (AvgIpc) is 3.07. The largest absolute Gasteiger partial charge is 0.508 e. The summed E-state index contributed by atoms with van der Waals surface area (Å²) in [5, 5.41) is 20.8. The Labute approximate surface area is 163 Å². The first kappa shape index (κ1) is 19.3. The Morgan fingerprint density at radius 2 is 2.32 bits per heavy atom. The van der Waals surface area contributed by atoms with Crippen LogP contribution in [0.4, 0.5) is 0 Å². The number of methoxy groups -OCH3 is 1. The van der Waals surface area contributed by atoms with E-state index in [-0.39, 0.29) is 35.8 Å². The number of aromatic hydroxyl groups is 1. The lowest BCUT2D eigenvalue weighted by Gasteiger charge is -2.25. The van der Waals surface area contributed by atoms with Crippen molar-refractivity contribution in [1.82, 2.24) is 25.4 Å². The topological polar surface area (TPSA) is 96.6 Å². The normalized spacial score (nSPS) is 16.6. The molecule has 1 aliphatic rings. The number of phenols is 1. The third-order valence-electron chi connectivity index (χ3n) is 4.10. The Hall–Kier alpha value is -2.04. The maximum Gasteiger partial charge on any atom is 0.191 e. The van der Waals surface area contributed by atoms with Crippen LogP contribution < -0.4 is 15.4 Å². The van der Waals surface area contributed by atoms with Gasteiger partial charge in [-0.15, -0.1) is 24.0 Å². The number of hydrogen-bond donors (Lipinski definition) is 3. The van der Waals surface area contributed by atoms with Gasteiger partial charge in [-0.05, 0) is 24.6 Å². The summed E-state index contributed by atoms with van der Waals surface area (Å²) in [6, 6.07) is 5.39. The zero-order chi connectivity index (χ0) is 16.9. The van der Waals surface area contributed by atoms with E-state index >= 15 is 0 Å². The number of phenolic OH excluding ortho intramolecular Hbond substituents is 1. The molecule has 1 aromatic carbocycles. The summed E-state index contributed by atoms with van der Waals surface area (Å²) in [7, 11) is 3.33. The molecule has 136 valence electrons. The third-order valence-corrected chi connectivity index (χ3v) is 4.10. The van der Waals surface area contributed by atoms with Gasteiger partial charge in [-0.1, -0.05) is 0 Å². The van der Waals surface area contributed by atoms with Gasteiger partial charge in [0, 0.05) is 31.6 Å². The predicted octanol–water partition coefficient (Wildman–Crippen LogP) is 1.29. The molecule has 8 nitrogen and oxygen atoms in total. The van der Waals surface area contributed by atoms with E-state index in [1.807, 2.05) is 4.68 Å². The third kappa shape index (κ3) is 4.74. The van der Waals surface area contributed by atoms with Crippen LogP contribution in [0.5, 0.6) is 11.5 Å². The quantitative estimate of drug-likeness (QED) is 0.363. The first-order valence-electron chi connectivity index (χ1n) is 7.89. The van der Waals surface area contributed by atoms with Crippen LogP contribution in [0.2, 0.25) is 0 Å². The Kier molecular flexibility index (Phi) is 6.85. The molecular formula is C16H23IN6O2. The van der Waals surface area contributed by atoms with Crippen LogP contribution in [0, 0.1) is 0 Å². The predicted molar refractivity (Wildman–Crippen MR) is 106 cm³/mol. The van der Waals surface area contributed by atoms with Crippen LogP contribution in [0.15, 0.2) is 29.5 Å². The van der Waals surface area contributed by atoms with E-state index in [9.17, 15) is 5.11 Å². The van der Waals surface area contributed by atoms with Gasteiger partial charge in [0.2, 0.25) is 0 Å². The van der Waals surface area contributed by atoms with Crippen molar-refractivity contribution in [3.05, 3.63) is 35.9 Å². The summed E-state index contributed by atoms with van der Waals surface area (Å²) < 4.78 is 7.11. The van der Waals surface area contributed by atoms with Crippen molar-refractivity contribution in [2.24, 2.45) is 4.99 Å². The molecule has 3 rings (SSSR count). The van der Waals surface area contributed by atoms with E-state index in [0.29, 0.717) is 18.3 Å². The van der Waals surface area contributed by atoms with Crippen LogP contribution in [0.25, 0.3) is 0 Å². The van der Waals surface area contributed by atoms with Crippen LogP contribution in [-0.2, 0) is 19.5 Å². The number of nitrogens with one attached hydrogen (secondary N) is 2. The number of benzene rings is 1. The van der Waals surface area contributed by atoms with Crippen LogP contribution >= 0.6 is 24.0 Å². The number of hydrogen-bond acceptors (Lipinski definition) is 5. The van der Waals surface area contributed by atoms with Gasteiger partial charge in [0.05, 0.1) is 13.7 Å². The molecule has 25 heavy (non-hydrogen) atoms. The Bertz CT molecular complexity index is 733. The zero-order valence-electron chi connectivity index (χ0n) is 14.3. The molecule has 0 bridgehead atoms. The number of nitrogens with zero attached hydrogens (tertiary/aromatic N) is 4. The second-order valence-electron chi connectivity index (χ2n) is 5.66. The fourth-order valence-corrected chi connectivity index (χ4v) is 2.75. The lowest BCUT2D eigenvalue weighted by Crippen LogP contribution is -2.46. The highest BCUT2D eigenvalue weighted by molar-refractivity contribution is 14.0. The number of ether oxygens (including phenoxy) is 1. The maximum atomic E-state index is 9.95. The number of halogens is 1. The number of fused-ring (bicyclic) bond motifs is 1. The van der Waals surface area contributed by atoms with Crippen LogP contribution in [-0.4, -0.2) is 46.0 Å². The summed E-state index contributed by atoms with van der Waals surface area (Å²) in [6.07, 6.45) is 3.46. The average molecular weight is 458 g/mol. The van der Waals surface area contributed by atoms with Crippen molar-refractivity contribution in [1.29, 1.82) is 0 Å². The zero-order valence-corrected chi connectivity index (χ0v) is 16.6. The second kappa shape index (κ2) is 8.88. The number of aryl methyl sites for hydroxylation is 1. The SMILES string of the molecule is CN=C(NCc1cc(OC)ccc1O)NC1CCc2ncnn2C1.I. The van der Waals surface area contributed by atoms with Crippen LogP contribution in [0.3, 0.4) is 0 Å². The van der Waals surface area contributed by atoms with Gasteiger partial charge in [-0.3, -0.25) is 4.99 Å². The van der Waals surface area contributed by atoms with Crippen molar-refractivity contribution in [2.45, 2.75) is 32.0 Å². The molecule has 0 radical (unpaired) electrons. The van der Waals surface area contributed by atoms with E-state index in [2.05, 4.69) is 25.7 Å². The van der Waals surface area contributed by atoms with E-state index in [1.54, 1.807) is 38.7 Å². The van der Waals surface area contributed by atoms with E-state index < -0.39 is 0 Å². The summed E-state index contributed by atoms with van der Waals surface area (Å²) in [4.78, 5) is 8.48. The number of guanidine groups is 1.